The summed E-state index contributed by atoms with van der Waals surface area (Å²) in [6.07, 6.45) is 3.72. The maximum absolute atomic E-state index is 14.6. The first-order chi connectivity index (χ1) is 19.3. The van der Waals surface area contributed by atoms with Crippen LogP contribution in [0.2, 0.25) is 0 Å². The number of nitrogen functional groups attached to an aromatic ring is 1. The fraction of sp³-hybridized carbons (Fsp3) is 0.423. The second-order valence-corrected chi connectivity index (χ2v) is 11.2. The number of hydrogen-bond acceptors (Lipinski definition) is 10. The quantitative estimate of drug-likeness (QED) is 0.211. The van der Waals surface area contributed by atoms with Crippen LogP contribution in [0.1, 0.15) is 6.42 Å². The Balaban J connectivity index is 1.15. The van der Waals surface area contributed by atoms with Gasteiger partial charge in [0, 0.05) is 70.9 Å². The van der Waals surface area contributed by atoms with Gasteiger partial charge in [-0.3, -0.25) is 4.90 Å². The molecule has 0 bridgehead atoms. The Bertz CT molecular complexity index is 1430. The van der Waals surface area contributed by atoms with Gasteiger partial charge in [-0.1, -0.05) is 11.2 Å². The van der Waals surface area contributed by atoms with Crippen LogP contribution in [0, 0.1) is 11.6 Å². The Hall–Kier alpha value is -3.62. The van der Waals surface area contributed by atoms with Gasteiger partial charge in [0.1, 0.15) is 17.3 Å². The molecule has 2 N–H and O–H groups in total. The number of nitrogens with zero attached hydrogens (tertiary/aromatic N) is 7. The monoisotopic (exact) mass is 574 g/mol. The van der Waals surface area contributed by atoms with Gasteiger partial charge < -0.3 is 29.2 Å². The topological polar surface area (TPSA) is 124 Å². The number of aromatic nitrogens is 4. The maximum Gasteiger partial charge on any atom is 0.230 e. The standard InChI is InChI=1S/C26H32F2N8O3S/c1-33(26-30-24-16-20(22-5-3-12-38-22)32-36(24)25(29)31-26)6-7-34-8-10-35(11-9-34)21-17-23(19(28)15-18(21)27)39-13-4-14-40(2)37/h3,5,12,15-17H,4,6-11,13-14H2,1-2H3,(H2,29,30,31). The van der Waals surface area contributed by atoms with Crippen LogP contribution in [0.15, 0.2) is 41.0 Å². The Labute approximate surface area is 233 Å². The molecule has 1 aromatic carbocycles. The summed E-state index contributed by atoms with van der Waals surface area (Å²) < 4.78 is 52.5. The van der Waals surface area contributed by atoms with Crippen molar-refractivity contribution < 1.29 is 22.5 Å². The number of fused-ring (bicyclic) bond motifs is 1. The average Bonchev–Trinajstić information content (AvgIpc) is 3.61. The van der Waals surface area contributed by atoms with E-state index in [4.69, 9.17) is 14.9 Å². The molecule has 0 radical (unpaired) electrons. The van der Waals surface area contributed by atoms with Crippen LogP contribution in [0.5, 0.6) is 5.75 Å². The van der Waals surface area contributed by atoms with Gasteiger partial charge in [-0.05, 0) is 12.1 Å². The van der Waals surface area contributed by atoms with Crippen molar-refractivity contribution in [1.29, 1.82) is 0 Å². The van der Waals surface area contributed by atoms with Crippen LogP contribution >= 0.6 is 0 Å². The summed E-state index contributed by atoms with van der Waals surface area (Å²) in [6.45, 7) is 4.20. The highest BCUT2D eigenvalue weighted by Crippen LogP contribution is 2.29. The van der Waals surface area contributed by atoms with Crippen LogP contribution in [0.25, 0.3) is 17.1 Å². The predicted octanol–water partition coefficient (Wildman–Crippen LogP) is 2.65. The molecule has 3 aromatic heterocycles. The van der Waals surface area contributed by atoms with Gasteiger partial charge in [0.25, 0.3) is 0 Å². The number of anilines is 3. The van der Waals surface area contributed by atoms with Crippen molar-refractivity contribution in [3.8, 4) is 17.2 Å². The van der Waals surface area contributed by atoms with Gasteiger partial charge in [0.05, 0.1) is 24.8 Å². The van der Waals surface area contributed by atoms with E-state index in [0.29, 0.717) is 73.6 Å². The molecule has 0 spiro atoms. The summed E-state index contributed by atoms with van der Waals surface area (Å²) in [5.41, 5.74) is 7.66. The first-order valence-electron chi connectivity index (χ1n) is 13.0. The van der Waals surface area contributed by atoms with Gasteiger partial charge in [-0.25, -0.2) is 8.78 Å². The fourth-order valence-corrected chi connectivity index (χ4v) is 5.06. The molecule has 1 aliphatic rings. The largest absolute Gasteiger partial charge is 0.617 e. The van der Waals surface area contributed by atoms with Crippen molar-refractivity contribution in [3.63, 3.8) is 0 Å². The van der Waals surface area contributed by atoms with Crippen LogP contribution in [-0.4, -0.2) is 94.0 Å². The lowest BCUT2D eigenvalue weighted by molar-refractivity contribution is 0.262. The normalized spacial score (nSPS) is 15.1. The third-order valence-corrected chi connectivity index (χ3v) is 7.61. The smallest absolute Gasteiger partial charge is 0.230 e. The molecular weight excluding hydrogens is 542 g/mol. The number of nitrogens with two attached hydrogens (primary N) is 1. The first-order valence-corrected chi connectivity index (χ1v) is 14.7. The predicted molar refractivity (Wildman–Crippen MR) is 150 cm³/mol. The minimum Gasteiger partial charge on any atom is -0.617 e. The zero-order valence-electron chi connectivity index (χ0n) is 22.4. The number of likely N-dealkylation sites (N-methyl/N-ethyl adjacent to an activating group) is 1. The minimum absolute atomic E-state index is 0.00745. The maximum atomic E-state index is 14.6. The third-order valence-electron chi connectivity index (χ3n) is 6.75. The van der Waals surface area contributed by atoms with Crippen molar-refractivity contribution in [2.24, 2.45) is 0 Å². The van der Waals surface area contributed by atoms with E-state index in [1.165, 1.54) is 10.6 Å². The zero-order valence-corrected chi connectivity index (χ0v) is 23.2. The molecule has 1 aliphatic heterocycles. The number of furan rings is 1. The van der Waals surface area contributed by atoms with E-state index in [2.05, 4.69) is 20.0 Å². The number of ether oxygens (including phenoxy) is 1. The Morgan fingerprint density at radius 3 is 2.67 bits per heavy atom. The number of benzene rings is 1. The number of rotatable bonds is 11. The number of hydrogen-bond donors (Lipinski definition) is 1. The molecular formula is C26H32F2N8O3S. The highest BCUT2D eigenvalue weighted by atomic mass is 32.2. The molecule has 4 aromatic rings. The molecule has 1 atom stereocenters. The van der Waals surface area contributed by atoms with Gasteiger partial charge >= 0.3 is 0 Å². The van der Waals surface area contributed by atoms with Gasteiger partial charge in [-0.15, -0.1) is 0 Å². The Kier molecular flexibility index (Phi) is 8.57. The Morgan fingerprint density at radius 2 is 1.95 bits per heavy atom. The highest BCUT2D eigenvalue weighted by molar-refractivity contribution is 7.90. The van der Waals surface area contributed by atoms with Crippen molar-refractivity contribution in [2.75, 3.05) is 80.5 Å². The summed E-state index contributed by atoms with van der Waals surface area (Å²) in [7, 11) is 1.90. The first kappa shape index (κ1) is 27.9. The molecule has 214 valence electrons. The second-order valence-electron chi connectivity index (χ2n) is 9.62. The van der Waals surface area contributed by atoms with Crippen LogP contribution < -0.4 is 20.3 Å². The van der Waals surface area contributed by atoms with E-state index in [1.807, 2.05) is 22.9 Å². The molecule has 4 heterocycles. The fourth-order valence-electron chi connectivity index (χ4n) is 4.53. The molecule has 1 fully saturated rings. The summed E-state index contributed by atoms with van der Waals surface area (Å²) in [5.74, 6) is 0.450. The van der Waals surface area contributed by atoms with Gasteiger partial charge in [0.15, 0.2) is 23.0 Å². The van der Waals surface area contributed by atoms with E-state index in [1.54, 1.807) is 24.7 Å². The summed E-state index contributed by atoms with van der Waals surface area (Å²) in [6, 6.07) is 7.69. The summed E-state index contributed by atoms with van der Waals surface area (Å²) in [4.78, 5) is 15.1. The van der Waals surface area contributed by atoms with Crippen LogP contribution in [-0.2, 0) is 11.2 Å². The van der Waals surface area contributed by atoms with Gasteiger partial charge in [-0.2, -0.15) is 19.6 Å². The van der Waals surface area contributed by atoms with Crippen molar-refractivity contribution >= 4 is 34.4 Å². The second kappa shape index (κ2) is 12.3. The molecule has 0 saturated carbocycles. The summed E-state index contributed by atoms with van der Waals surface area (Å²) >= 11 is -0.940. The molecule has 0 amide bonds. The lowest BCUT2D eigenvalue weighted by Crippen LogP contribution is -2.48. The molecule has 1 unspecified atom stereocenters. The molecule has 1 saturated heterocycles. The SMILES string of the molecule is CN(CCN1CCN(c2cc(OCCC[S+](C)[O-])c(F)cc2F)CC1)c1nc(N)n2nc(-c3ccco3)cc2n1. The van der Waals surface area contributed by atoms with E-state index in [9.17, 15) is 13.3 Å². The van der Waals surface area contributed by atoms with Crippen LogP contribution in [0.3, 0.4) is 0 Å². The van der Waals surface area contributed by atoms with Crippen molar-refractivity contribution in [3.05, 3.63) is 48.2 Å². The van der Waals surface area contributed by atoms with Crippen LogP contribution in [0.4, 0.5) is 26.4 Å². The third kappa shape index (κ3) is 6.40. The van der Waals surface area contributed by atoms with Gasteiger partial charge in [0.2, 0.25) is 11.9 Å². The highest BCUT2D eigenvalue weighted by Gasteiger charge is 2.22. The lowest BCUT2D eigenvalue weighted by Gasteiger charge is -2.37. The molecule has 14 heteroatoms. The number of halogens is 2. The van der Waals surface area contributed by atoms with Crippen molar-refractivity contribution in [2.45, 2.75) is 6.42 Å². The van der Waals surface area contributed by atoms with E-state index < -0.39 is 22.8 Å². The molecule has 11 nitrogen and oxygen atoms in total. The summed E-state index contributed by atoms with van der Waals surface area (Å²) in [5, 5.41) is 4.42. The lowest BCUT2D eigenvalue weighted by atomic mass is 10.2. The minimum atomic E-state index is -0.940. The number of piperazine rings is 1. The van der Waals surface area contributed by atoms with E-state index in [-0.39, 0.29) is 18.3 Å². The van der Waals surface area contributed by atoms with E-state index >= 15 is 0 Å². The Morgan fingerprint density at radius 1 is 1.15 bits per heavy atom. The zero-order chi connectivity index (χ0) is 28.2. The van der Waals surface area contributed by atoms with Crippen molar-refractivity contribution in [1.82, 2.24) is 24.5 Å². The molecule has 5 rings (SSSR count). The molecule has 40 heavy (non-hydrogen) atoms. The molecule has 0 aliphatic carbocycles. The average molecular weight is 575 g/mol. The van der Waals surface area contributed by atoms with E-state index in [0.717, 1.165) is 12.6 Å².